The lowest BCUT2D eigenvalue weighted by Gasteiger charge is -2.14. The molecular weight excluding hydrogens is 236 g/mol. The summed E-state index contributed by atoms with van der Waals surface area (Å²) in [6, 6.07) is 0. The highest BCUT2D eigenvalue weighted by molar-refractivity contribution is 5.60. The Morgan fingerprint density at radius 1 is 1.50 bits per heavy atom. The van der Waals surface area contributed by atoms with Crippen LogP contribution >= 0.6 is 0 Å². The zero-order valence-corrected chi connectivity index (χ0v) is 10.8. The van der Waals surface area contributed by atoms with Crippen molar-refractivity contribution in [2.24, 2.45) is 0 Å². The minimum Gasteiger partial charge on any atom is -0.368 e. The molecule has 100 valence electrons. The van der Waals surface area contributed by atoms with Gasteiger partial charge in [-0.1, -0.05) is 6.92 Å². The second kappa shape index (κ2) is 6.10. The highest BCUT2D eigenvalue weighted by Crippen LogP contribution is 2.25. The van der Waals surface area contributed by atoms with Crippen LogP contribution in [-0.2, 0) is 0 Å². The Morgan fingerprint density at radius 3 is 2.72 bits per heavy atom. The zero-order chi connectivity index (χ0) is 13.7. The Balaban J connectivity index is 2.83. The first-order chi connectivity index (χ1) is 8.45. The Kier molecular flexibility index (Phi) is 4.78. The number of aryl methyl sites for hydroxylation is 1. The lowest BCUT2D eigenvalue weighted by molar-refractivity contribution is -0.385. The summed E-state index contributed by atoms with van der Waals surface area (Å²) in [6.45, 7) is 5.81. The number of nitrogens with two attached hydrogens (primary N) is 1. The highest BCUT2D eigenvalue weighted by atomic mass is 16.6. The first kappa shape index (κ1) is 14.1. The van der Waals surface area contributed by atoms with E-state index in [1.165, 1.54) is 0 Å². The van der Waals surface area contributed by atoms with Gasteiger partial charge in [-0.25, -0.2) is 4.98 Å². The summed E-state index contributed by atoms with van der Waals surface area (Å²) in [6.07, 6.45) is 0. The number of nitro groups is 1. The number of likely N-dealkylation sites (N-methyl/N-ethyl adjacent to an activating group) is 1. The van der Waals surface area contributed by atoms with Crippen LogP contribution in [0.1, 0.15) is 12.6 Å². The van der Waals surface area contributed by atoms with Crippen molar-refractivity contribution >= 4 is 17.5 Å². The third kappa shape index (κ3) is 3.52. The summed E-state index contributed by atoms with van der Waals surface area (Å²) in [7, 11) is 1.97. The summed E-state index contributed by atoms with van der Waals surface area (Å²) in [5.41, 5.74) is 5.63. The van der Waals surface area contributed by atoms with Gasteiger partial charge in [0.25, 0.3) is 0 Å². The van der Waals surface area contributed by atoms with Crippen molar-refractivity contribution in [1.82, 2.24) is 14.9 Å². The smallest absolute Gasteiger partial charge is 0.332 e. The number of anilines is 2. The molecule has 0 atom stereocenters. The molecule has 1 aromatic rings. The zero-order valence-electron chi connectivity index (χ0n) is 10.8. The number of hydrogen-bond donors (Lipinski definition) is 2. The van der Waals surface area contributed by atoms with Crippen LogP contribution in [0.2, 0.25) is 0 Å². The molecule has 0 amide bonds. The van der Waals surface area contributed by atoms with Crippen molar-refractivity contribution < 1.29 is 4.92 Å². The summed E-state index contributed by atoms with van der Waals surface area (Å²) in [5, 5.41) is 13.9. The number of nitrogens with one attached hydrogen (secondary N) is 1. The second-order valence-corrected chi connectivity index (χ2v) is 3.94. The highest BCUT2D eigenvalue weighted by Gasteiger charge is 2.21. The van der Waals surface area contributed by atoms with Gasteiger partial charge in [0.05, 0.1) is 4.92 Å². The van der Waals surface area contributed by atoms with Crippen molar-refractivity contribution in [3.05, 3.63) is 15.8 Å². The lowest BCUT2D eigenvalue weighted by Crippen LogP contribution is -2.25. The molecule has 0 spiro atoms. The van der Waals surface area contributed by atoms with E-state index in [1.807, 2.05) is 14.0 Å². The summed E-state index contributed by atoms with van der Waals surface area (Å²) in [4.78, 5) is 20.2. The van der Waals surface area contributed by atoms with E-state index >= 15 is 0 Å². The van der Waals surface area contributed by atoms with Crippen LogP contribution < -0.4 is 11.1 Å². The molecule has 0 aliphatic rings. The van der Waals surface area contributed by atoms with Gasteiger partial charge in [0.1, 0.15) is 5.69 Å². The first-order valence-corrected chi connectivity index (χ1v) is 5.66. The molecule has 0 unspecified atom stereocenters. The second-order valence-electron chi connectivity index (χ2n) is 3.94. The topological polar surface area (TPSA) is 110 Å². The molecule has 0 radical (unpaired) electrons. The molecule has 8 heteroatoms. The number of hydrogen-bond acceptors (Lipinski definition) is 7. The number of aromatic nitrogens is 2. The first-order valence-electron chi connectivity index (χ1n) is 5.66. The fraction of sp³-hybridized carbons (Fsp3) is 0.600. The fourth-order valence-corrected chi connectivity index (χ4v) is 1.45. The van der Waals surface area contributed by atoms with Crippen LogP contribution in [0, 0.1) is 17.0 Å². The number of nitrogen functional groups attached to an aromatic ring is 1. The molecule has 8 nitrogen and oxygen atoms in total. The molecule has 1 rings (SSSR count). The molecule has 1 heterocycles. The molecule has 0 fully saturated rings. The third-order valence-corrected chi connectivity index (χ3v) is 2.58. The standard InChI is InChI=1S/C10H18N6O2/c1-4-15(3)6-5-12-9-8(16(17)18)7(2)13-10(11)14-9/h4-6H2,1-3H3,(H3,11,12,13,14). The van der Waals surface area contributed by atoms with Gasteiger partial charge < -0.3 is 16.0 Å². The van der Waals surface area contributed by atoms with E-state index in [0.29, 0.717) is 6.54 Å². The van der Waals surface area contributed by atoms with E-state index in [1.54, 1.807) is 6.92 Å². The third-order valence-electron chi connectivity index (χ3n) is 2.58. The summed E-state index contributed by atoms with van der Waals surface area (Å²) in [5.74, 6) is 0.207. The molecule has 18 heavy (non-hydrogen) atoms. The molecule has 3 N–H and O–H groups in total. The van der Waals surface area contributed by atoms with Crippen LogP contribution in [0.5, 0.6) is 0 Å². The van der Waals surface area contributed by atoms with Gasteiger partial charge in [-0.05, 0) is 20.5 Å². The Bertz CT molecular complexity index is 437. The largest absolute Gasteiger partial charge is 0.368 e. The molecule has 0 aliphatic carbocycles. The Labute approximate surface area is 105 Å². The molecular formula is C10H18N6O2. The minimum absolute atomic E-state index is 0.0319. The van der Waals surface area contributed by atoms with E-state index in [-0.39, 0.29) is 23.1 Å². The van der Waals surface area contributed by atoms with Crippen LogP contribution in [-0.4, -0.2) is 46.5 Å². The van der Waals surface area contributed by atoms with E-state index < -0.39 is 4.92 Å². The van der Waals surface area contributed by atoms with Crippen molar-refractivity contribution in [2.45, 2.75) is 13.8 Å². The monoisotopic (exact) mass is 254 g/mol. The minimum atomic E-state index is -0.499. The summed E-state index contributed by atoms with van der Waals surface area (Å²) < 4.78 is 0. The normalized spacial score (nSPS) is 10.7. The maximum atomic E-state index is 10.9. The Morgan fingerprint density at radius 2 is 2.17 bits per heavy atom. The quantitative estimate of drug-likeness (QED) is 0.566. The van der Waals surface area contributed by atoms with Crippen LogP contribution in [0.15, 0.2) is 0 Å². The fourth-order valence-electron chi connectivity index (χ4n) is 1.45. The molecule has 0 aromatic carbocycles. The average Bonchev–Trinajstić information content (AvgIpc) is 2.27. The molecule has 0 saturated heterocycles. The molecule has 0 aliphatic heterocycles. The van der Waals surface area contributed by atoms with Gasteiger partial charge in [-0.3, -0.25) is 10.1 Å². The van der Waals surface area contributed by atoms with E-state index in [9.17, 15) is 10.1 Å². The number of nitrogens with zero attached hydrogens (tertiary/aromatic N) is 4. The van der Waals surface area contributed by atoms with Gasteiger partial charge in [-0.15, -0.1) is 0 Å². The maximum absolute atomic E-state index is 10.9. The molecule has 0 saturated carbocycles. The van der Waals surface area contributed by atoms with E-state index in [0.717, 1.165) is 13.1 Å². The number of rotatable bonds is 6. The SMILES string of the molecule is CCN(C)CCNc1nc(N)nc(C)c1[N+](=O)[O-]. The van der Waals surface area contributed by atoms with E-state index in [2.05, 4.69) is 20.2 Å². The predicted molar refractivity (Wildman–Crippen MR) is 69.5 cm³/mol. The van der Waals surface area contributed by atoms with Gasteiger partial charge >= 0.3 is 5.69 Å². The van der Waals surface area contributed by atoms with Crippen molar-refractivity contribution in [2.75, 3.05) is 37.7 Å². The van der Waals surface area contributed by atoms with Crippen LogP contribution in [0.4, 0.5) is 17.5 Å². The van der Waals surface area contributed by atoms with Crippen molar-refractivity contribution in [3.8, 4) is 0 Å². The van der Waals surface area contributed by atoms with Crippen LogP contribution in [0.25, 0.3) is 0 Å². The van der Waals surface area contributed by atoms with Gasteiger partial charge in [0.2, 0.25) is 11.8 Å². The Hall–Kier alpha value is -1.96. The average molecular weight is 254 g/mol. The molecule has 0 bridgehead atoms. The molecule has 1 aromatic heterocycles. The van der Waals surface area contributed by atoms with Crippen LogP contribution in [0.3, 0.4) is 0 Å². The van der Waals surface area contributed by atoms with E-state index in [4.69, 9.17) is 5.73 Å². The van der Waals surface area contributed by atoms with Gasteiger partial charge in [0, 0.05) is 13.1 Å². The lowest BCUT2D eigenvalue weighted by atomic mass is 10.3. The predicted octanol–water partition coefficient (Wildman–Crippen LogP) is 0.639. The van der Waals surface area contributed by atoms with Gasteiger partial charge in [-0.2, -0.15) is 4.98 Å². The van der Waals surface area contributed by atoms with Crippen molar-refractivity contribution in [3.63, 3.8) is 0 Å². The maximum Gasteiger partial charge on any atom is 0.332 e. The van der Waals surface area contributed by atoms with Gasteiger partial charge in [0.15, 0.2) is 0 Å². The summed E-state index contributed by atoms with van der Waals surface area (Å²) >= 11 is 0. The van der Waals surface area contributed by atoms with Crippen molar-refractivity contribution in [1.29, 1.82) is 0 Å².